The number of carbonyl (C=O) groups excluding carboxylic acids is 1. The quantitative estimate of drug-likeness (QED) is 0.643. The minimum absolute atomic E-state index is 0.0218. The molecule has 1 saturated carbocycles. The second-order valence-corrected chi connectivity index (χ2v) is 8.36. The van der Waals surface area contributed by atoms with Crippen LogP contribution in [0.25, 0.3) is 11.4 Å². The number of benzene rings is 2. The molecule has 5 rings (SSSR count). The number of carbonyl (C=O) groups is 1. The Morgan fingerprint density at radius 3 is 2.47 bits per heavy atom. The fraction of sp³-hybridized carbons (Fsp3) is 0.348. The van der Waals surface area contributed by atoms with Gasteiger partial charge in [0.2, 0.25) is 0 Å². The molecule has 0 bridgehead atoms. The number of halogens is 1. The maximum absolute atomic E-state index is 12.7. The predicted octanol–water partition coefficient (Wildman–Crippen LogP) is 3.69. The van der Waals surface area contributed by atoms with Gasteiger partial charge in [-0.3, -0.25) is 4.79 Å². The van der Waals surface area contributed by atoms with E-state index >= 15 is 0 Å². The molecule has 1 aromatic heterocycles. The van der Waals surface area contributed by atoms with Crippen molar-refractivity contribution in [1.82, 2.24) is 19.7 Å². The zero-order chi connectivity index (χ0) is 20.7. The minimum Gasteiger partial charge on any atom is -0.378 e. The molecule has 1 amide bonds. The molecule has 0 atom stereocenters. The van der Waals surface area contributed by atoms with E-state index in [0.29, 0.717) is 42.7 Å². The molecule has 0 unspecified atom stereocenters. The molecule has 2 aromatic carbocycles. The van der Waals surface area contributed by atoms with Crippen molar-refractivity contribution in [2.45, 2.75) is 18.3 Å². The molecule has 1 aliphatic carbocycles. The van der Waals surface area contributed by atoms with Crippen LogP contribution in [-0.4, -0.2) is 51.9 Å². The van der Waals surface area contributed by atoms with Gasteiger partial charge in [0.25, 0.3) is 5.91 Å². The average molecular weight is 423 g/mol. The van der Waals surface area contributed by atoms with Gasteiger partial charge in [-0.2, -0.15) is 0 Å². The van der Waals surface area contributed by atoms with Crippen LogP contribution in [0.3, 0.4) is 0 Å². The summed E-state index contributed by atoms with van der Waals surface area (Å²) < 4.78 is 7.36. The third-order valence-electron chi connectivity index (χ3n) is 6.13. The zero-order valence-electron chi connectivity index (χ0n) is 16.8. The van der Waals surface area contributed by atoms with Crippen molar-refractivity contribution in [2.75, 3.05) is 26.3 Å². The molecule has 30 heavy (non-hydrogen) atoms. The Hall–Kier alpha value is -2.70. The van der Waals surface area contributed by atoms with Crippen molar-refractivity contribution in [2.24, 2.45) is 7.05 Å². The van der Waals surface area contributed by atoms with E-state index in [1.165, 1.54) is 5.56 Å². The highest BCUT2D eigenvalue weighted by Gasteiger charge is 2.49. The molecular weight excluding hydrogens is 400 g/mol. The molecule has 2 heterocycles. The lowest BCUT2D eigenvalue weighted by atomic mass is 9.95. The van der Waals surface area contributed by atoms with Crippen LogP contribution in [0, 0.1) is 0 Å². The largest absolute Gasteiger partial charge is 0.378 e. The van der Waals surface area contributed by atoms with Gasteiger partial charge in [-0.1, -0.05) is 41.9 Å². The van der Waals surface area contributed by atoms with Gasteiger partial charge in [0.1, 0.15) is 5.82 Å². The van der Waals surface area contributed by atoms with Crippen molar-refractivity contribution >= 4 is 17.5 Å². The predicted molar refractivity (Wildman–Crippen MR) is 115 cm³/mol. The lowest BCUT2D eigenvalue weighted by Gasteiger charge is -2.27. The fourth-order valence-corrected chi connectivity index (χ4v) is 4.55. The average Bonchev–Trinajstić information content (AvgIpc) is 3.51. The standard InChI is InChI=1S/C23H23ClN4O2/c1-27-20(25-26-22(27)23(9-10-23)17-5-3-2-4-6-17)18-8-7-16(15-19(18)24)21(29)28-11-13-30-14-12-28/h2-8,15H,9-14H2,1H3. The first-order valence-corrected chi connectivity index (χ1v) is 10.6. The number of ether oxygens (including phenoxy) is 1. The second kappa shape index (κ2) is 7.52. The first-order valence-electron chi connectivity index (χ1n) is 10.2. The maximum atomic E-state index is 12.7. The Balaban J connectivity index is 1.45. The minimum atomic E-state index is -0.0695. The summed E-state index contributed by atoms with van der Waals surface area (Å²) in [4.78, 5) is 14.5. The Morgan fingerprint density at radius 2 is 1.80 bits per heavy atom. The monoisotopic (exact) mass is 422 g/mol. The summed E-state index contributed by atoms with van der Waals surface area (Å²) in [5.74, 6) is 1.64. The molecule has 2 aliphatic rings. The van der Waals surface area contributed by atoms with Gasteiger partial charge >= 0.3 is 0 Å². The van der Waals surface area contributed by atoms with Crippen LogP contribution < -0.4 is 0 Å². The van der Waals surface area contributed by atoms with Gasteiger partial charge in [-0.15, -0.1) is 10.2 Å². The smallest absolute Gasteiger partial charge is 0.254 e. The molecule has 1 saturated heterocycles. The van der Waals surface area contributed by atoms with Gasteiger partial charge in [0.05, 0.1) is 23.7 Å². The summed E-state index contributed by atoms with van der Waals surface area (Å²) in [6.07, 6.45) is 2.12. The van der Waals surface area contributed by atoms with Gasteiger partial charge in [-0.05, 0) is 36.6 Å². The third-order valence-corrected chi connectivity index (χ3v) is 6.45. The van der Waals surface area contributed by atoms with Crippen molar-refractivity contribution in [3.8, 4) is 11.4 Å². The number of morpholine rings is 1. The number of amides is 1. The Bertz CT molecular complexity index is 1090. The summed E-state index contributed by atoms with van der Waals surface area (Å²) in [5, 5.41) is 9.50. The molecule has 1 aliphatic heterocycles. The van der Waals surface area contributed by atoms with E-state index in [0.717, 1.165) is 24.2 Å². The molecule has 3 aromatic rings. The summed E-state index contributed by atoms with van der Waals surface area (Å²) in [5.41, 5.74) is 2.56. The number of hydrogen-bond acceptors (Lipinski definition) is 4. The molecule has 7 heteroatoms. The number of nitrogens with zero attached hydrogens (tertiary/aromatic N) is 4. The zero-order valence-corrected chi connectivity index (χ0v) is 17.6. The molecule has 0 spiro atoms. The summed E-state index contributed by atoms with van der Waals surface area (Å²) in [6.45, 7) is 2.35. The Morgan fingerprint density at radius 1 is 1.07 bits per heavy atom. The van der Waals surface area contributed by atoms with Crippen molar-refractivity contribution in [3.63, 3.8) is 0 Å². The van der Waals surface area contributed by atoms with E-state index in [1.807, 2.05) is 29.8 Å². The van der Waals surface area contributed by atoms with E-state index in [2.05, 4.69) is 34.5 Å². The summed E-state index contributed by atoms with van der Waals surface area (Å²) in [7, 11) is 1.98. The van der Waals surface area contributed by atoms with Gasteiger partial charge in [0, 0.05) is 31.3 Å². The molecular formula is C23H23ClN4O2. The van der Waals surface area contributed by atoms with Crippen LogP contribution in [-0.2, 0) is 17.2 Å². The van der Waals surface area contributed by atoms with Crippen molar-refractivity contribution in [3.05, 3.63) is 70.5 Å². The molecule has 6 nitrogen and oxygen atoms in total. The van der Waals surface area contributed by atoms with E-state index in [1.54, 1.807) is 11.0 Å². The highest BCUT2D eigenvalue weighted by molar-refractivity contribution is 6.33. The second-order valence-electron chi connectivity index (χ2n) is 7.95. The molecule has 0 radical (unpaired) electrons. The number of aromatic nitrogens is 3. The van der Waals surface area contributed by atoms with Crippen LogP contribution in [0.5, 0.6) is 0 Å². The lowest BCUT2D eigenvalue weighted by Crippen LogP contribution is -2.40. The van der Waals surface area contributed by atoms with E-state index in [9.17, 15) is 4.79 Å². The van der Waals surface area contributed by atoms with Crippen LogP contribution in [0.1, 0.15) is 34.6 Å². The van der Waals surface area contributed by atoms with Crippen molar-refractivity contribution in [1.29, 1.82) is 0 Å². The summed E-state index contributed by atoms with van der Waals surface area (Å²) >= 11 is 6.60. The fourth-order valence-electron chi connectivity index (χ4n) is 4.28. The van der Waals surface area contributed by atoms with Crippen LogP contribution in [0.4, 0.5) is 0 Å². The van der Waals surface area contributed by atoms with E-state index in [-0.39, 0.29) is 11.3 Å². The first kappa shape index (κ1) is 19.3. The van der Waals surface area contributed by atoms with Crippen LogP contribution >= 0.6 is 11.6 Å². The first-order chi connectivity index (χ1) is 14.6. The van der Waals surface area contributed by atoms with Crippen LogP contribution in [0.2, 0.25) is 5.02 Å². The SMILES string of the molecule is Cn1c(-c2ccc(C(=O)N3CCOCC3)cc2Cl)nnc1C1(c2ccccc2)CC1. The maximum Gasteiger partial charge on any atom is 0.254 e. The lowest BCUT2D eigenvalue weighted by molar-refractivity contribution is 0.0303. The third kappa shape index (κ3) is 3.20. The van der Waals surface area contributed by atoms with Gasteiger partial charge < -0.3 is 14.2 Å². The van der Waals surface area contributed by atoms with Crippen molar-refractivity contribution < 1.29 is 9.53 Å². The molecule has 2 fully saturated rings. The normalized spacial score (nSPS) is 17.7. The molecule has 0 N–H and O–H groups in total. The Kier molecular flexibility index (Phi) is 4.83. The van der Waals surface area contributed by atoms with E-state index < -0.39 is 0 Å². The number of rotatable bonds is 4. The topological polar surface area (TPSA) is 60.2 Å². The molecule has 154 valence electrons. The highest BCUT2D eigenvalue weighted by atomic mass is 35.5. The highest BCUT2D eigenvalue weighted by Crippen LogP contribution is 2.53. The van der Waals surface area contributed by atoms with Gasteiger partial charge in [-0.25, -0.2) is 0 Å². The van der Waals surface area contributed by atoms with Crippen LogP contribution in [0.15, 0.2) is 48.5 Å². The van der Waals surface area contributed by atoms with Gasteiger partial charge in [0.15, 0.2) is 5.82 Å². The summed E-state index contributed by atoms with van der Waals surface area (Å²) in [6, 6.07) is 15.9. The number of hydrogen-bond donors (Lipinski definition) is 0. The Labute approximate surface area is 180 Å². The van der Waals surface area contributed by atoms with E-state index in [4.69, 9.17) is 16.3 Å².